The normalized spacial score (nSPS) is 10.8. The Hall–Kier alpha value is -1.82. The average Bonchev–Trinajstić information content (AvgIpc) is 2.87. The zero-order chi connectivity index (χ0) is 17.7. The number of aryl methyl sites for hydroxylation is 1. The molecule has 0 atom stereocenters. The third kappa shape index (κ3) is 4.84. The number of esters is 1. The van der Waals surface area contributed by atoms with Crippen LogP contribution in [0.1, 0.15) is 27.7 Å². The van der Waals surface area contributed by atoms with Crippen LogP contribution in [0, 0.1) is 6.92 Å². The lowest BCUT2D eigenvalue weighted by Crippen LogP contribution is -2.11. The third-order valence-corrected chi connectivity index (χ3v) is 4.49. The molecule has 0 aliphatic carbocycles. The number of amides is 1. The minimum atomic E-state index is -0.457. The van der Waals surface area contributed by atoms with Crippen molar-refractivity contribution in [2.45, 2.75) is 13.8 Å². The van der Waals surface area contributed by atoms with E-state index in [4.69, 9.17) is 27.9 Å². The first-order valence-electron chi connectivity index (χ1n) is 7.12. The van der Waals surface area contributed by atoms with Gasteiger partial charge in [0.2, 0.25) is 5.91 Å². The van der Waals surface area contributed by atoms with Crippen LogP contribution in [-0.2, 0) is 9.53 Å². The summed E-state index contributed by atoms with van der Waals surface area (Å²) in [6, 6.07) is 6.69. The molecule has 0 saturated carbocycles. The maximum atomic E-state index is 12.1. The molecule has 0 aliphatic heterocycles. The topological polar surface area (TPSA) is 55.4 Å². The first kappa shape index (κ1) is 18.5. The number of nitrogens with one attached hydrogen (secondary N) is 1. The molecule has 4 nitrogen and oxygen atoms in total. The van der Waals surface area contributed by atoms with Crippen molar-refractivity contribution in [3.63, 3.8) is 0 Å². The van der Waals surface area contributed by atoms with Crippen LogP contribution in [0.3, 0.4) is 0 Å². The van der Waals surface area contributed by atoms with Crippen LogP contribution in [0.25, 0.3) is 6.08 Å². The Balaban J connectivity index is 2.12. The maximum absolute atomic E-state index is 12.1. The predicted octanol–water partition coefficient (Wildman–Crippen LogP) is 5.19. The minimum absolute atomic E-state index is 0.274. The molecule has 2 aromatic rings. The number of anilines is 1. The summed E-state index contributed by atoms with van der Waals surface area (Å²) < 4.78 is 4.99. The summed E-state index contributed by atoms with van der Waals surface area (Å²) in [5.74, 6) is -0.824. The van der Waals surface area contributed by atoms with Gasteiger partial charge in [-0.2, -0.15) is 0 Å². The fourth-order valence-electron chi connectivity index (χ4n) is 1.92. The molecule has 0 fully saturated rings. The molecular weight excluding hydrogens is 369 g/mol. The summed E-state index contributed by atoms with van der Waals surface area (Å²) in [5.41, 5.74) is 1.02. The average molecular weight is 384 g/mol. The zero-order valence-corrected chi connectivity index (χ0v) is 15.4. The van der Waals surface area contributed by atoms with Crippen molar-refractivity contribution >= 4 is 57.5 Å². The molecule has 1 aromatic carbocycles. The summed E-state index contributed by atoms with van der Waals surface area (Å²) in [5, 5.41) is 4.13. The van der Waals surface area contributed by atoms with Gasteiger partial charge >= 0.3 is 5.97 Å². The van der Waals surface area contributed by atoms with Crippen LogP contribution in [0.15, 0.2) is 30.3 Å². The molecule has 0 aliphatic rings. The summed E-state index contributed by atoms with van der Waals surface area (Å²) in [7, 11) is 0. The molecule has 0 unspecified atom stereocenters. The van der Waals surface area contributed by atoms with Gasteiger partial charge in [-0.1, -0.05) is 29.3 Å². The van der Waals surface area contributed by atoms with Gasteiger partial charge in [-0.3, -0.25) is 4.79 Å². The summed E-state index contributed by atoms with van der Waals surface area (Å²) in [4.78, 5) is 24.9. The van der Waals surface area contributed by atoms with Gasteiger partial charge in [-0.05, 0) is 43.7 Å². The monoisotopic (exact) mass is 383 g/mol. The Bertz CT molecular complexity index is 799. The first-order valence-corrected chi connectivity index (χ1v) is 8.69. The van der Waals surface area contributed by atoms with Crippen LogP contribution < -0.4 is 5.32 Å². The third-order valence-electron chi connectivity index (χ3n) is 2.96. The van der Waals surface area contributed by atoms with Crippen molar-refractivity contribution in [2.24, 2.45) is 0 Å². The molecule has 0 spiro atoms. The number of carbonyl (C=O) groups is 2. The van der Waals surface area contributed by atoms with E-state index in [0.29, 0.717) is 26.2 Å². The first-order chi connectivity index (χ1) is 11.4. The number of carbonyl (C=O) groups excluding carboxylic acids is 2. The van der Waals surface area contributed by atoms with Crippen LogP contribution >= 0.6 is 34.5 Å². The molecule has 1 amide bonds. The smallest absolute Gasteiger partial charge is 0.341 e. The van der Waals surface area contributed by atoms with Gasteiger partial charge in [0, 0.05) is 21.0 Å². The molecule has 1 aromatic heterocycles. The highest BCUT2D eigenvalue weighted by Crippen LogP contribution is 2.28. The quantitative estimate of drug-likeness (QED) is 0.570. The summed E-state index contributed by atoms with van der Waals surface area (Å²) >= 11 is 13.2. The largest absolute Gasteiger partial charge is 0.462 e. The van der Waals surface area contributed by atoms with Gasteiger partial charge in [0.15, 0.2) is 0 Å². The Morgan fingerprint density at radius 2 is 2.04 bits per heavy atom. The Kier molecular flexibility index (Phi) is 6.43. The molecule has 24 heavy (non-hydrogen) atoms. The molecule has 0 saturated heterocycles. The molecular formula is C17H15Cl2NO3S. The standard InChI is InChI=1S/C17H15Cl2NO3S/c1-3-23-17(22)13-8-10(2)24-16(13)20-15(21)7-5-11-4-6-12(18)9-14(11)19/h4-9H,3H2,1-2H3,(H,20,21)/b7-5+. The summed E-state index contributed by atoms with van der Waals surface area (Å²) in [6.45, 7) is 3.86. The fraction of sp³-hybridized carbons (Fsp3) is 0.176. The van der Waals surface area contributed by atoms with Crippen molar-refractivity contribution in [1.29, 1.82) is 0 Å². The SMILES string of the molecule is CCOC(=O)c1cc(C)sc1NC(=O)/C=C/c1ccc(Cl)cc1Cl. The van der Waals surface area contributed by atoms with Gasteiger partial charge in [-0.25, -0.2) is 4.79 Å². The predicted molar refractivity (Wildman–Crippen MR) is 99.1 cm³/mol. The lowest BCUT2D eigenvalue weighted by molar-refractivity contribution is -0.111. The van der Waals surface area contributed by atoms with E-state index in [9.17, 15) is 9.59 Å². The molecule has 0 radical (unpaired) electrons. The van der Waals surface area contributed by atoms with Crippen LogP contribution in [0.5, 0.6) is 0 Å². The van der Waals surface area contributed by atoms with E-state index in [0.717, 1.165) is 4.88 Å². The second-order valence-electron chi connectivity index (χ2n) is 4.81. The Morgan fingerprint density at radius 3 is 2.71 bits per heavy atom. The molecule has 1 N–H and O–H groups in total. The molecule has 126 valence electrons. The maximum Gasteiger partial charge on any atom is 0.341 e. The number of thiophene rings is 1. The van der Waals surface area contributed by atoms with Gasteiger partial charge in [-0.15, -0.1) is 11.3 Å². The molecule has 7 heteroatoms. The number of benzene rings is 1. The highest BCUT2D eigenvalue weighted by Gasteiger charge is 2.17. The van der Waals surface area contributed by atoms with Gasteiger partial charge in [0.25, 0.3) is 0 Å². The molecule has 2 rings (SSSR count). The Labute approximate surface area is 154 Å². The number of hydrogen-bond donors (Lipinski definition) is 1. The highest BCUT2D eigenvalue weighted by atomic mass is 35.5. The number of halogens is 2. The molecule has 1 heterocycles. The van der Waals surface area contributed by atoms with E-state index < -0.39 is 5.97 Å². The second kappa shape index (κ2) is 8.33. The fourth-order valence-corrected chi connectivity index (χ4v) is 3.30. The van der Waals surface area contributed by atoms with Crippen molar-refractivity contribution in [3.8, 4) is 0 Å². The van der Waals surface area contributed by atoms with Gasteiger partial charge < -0.3 is 10.1 Å². The lowest BCUT2D eigenvalue weighted by Gasteiger charge is -2.04. The summed E-state index contributed by atoms with van der Waals surface area (Å²) in [6.07, 6.45) is 2.93. The van der Waals surface area contributed by atoms with E-state index in [1.54, 1.807) is 37.3 Å². The van der Waals surface area contributed by atoms with E-state index in [1.807, 2.05) is 6.92 Å². The number of hydrogen-bond acceptors (Lipinski definition) is 4. The lowest BCUT2D eigenvalue weighted by atomic mass is 10.2. The van der Waals surface area contributed by atoms with Crippen molar-refractivity contribution < 1.29 is 14.3 Å². The van der Waals surface area contributed by atoms with Crippen molar-refractivity contribution in [3.05, 3.63) is 56.4 Å². The van der Waals surface area contributed by atoms with E-state index in [-0.39, 0.29) is 12.5 Å². The van der Waals surface area contributed by atoms with E-state index in [2.05, 4.69) is 5.32 Å². The Morgan fingerprint density at radius 1 is 1.29 bits per heavy atom. The minimum Gasteiger partial charge on any atom is -0.462 e. The second-order valence-corrected chi connectivity index (χ2v) is 6.91. The number of rotatable bonds is 5. The van der Waals surface area contributed by atoms with Gasteiger partial charge in [0.1, 0.15) is 5.00 Å². The van der Waals surface area contributed by atoms with Crippen LogP contribution in [0.4, 0.5) is 5.00 Å². The van der Waals surface area contributed by atoms with Crippen LogP contribution in [0.2, 0.25) is 10.0 Å². The van der Waals surface area contributed by atoms with Gasteiger partial charge in [0.05, 0.1) is 12.2 Å². The highest BCUT2D eigenvalue weighted by molar-refractivity contribution is 7.16. The van der Waals surface area contributed by atoms with Crippen molar-refractivity contribution in [1.82, 2.24) is 0 Å². The zero-order valence-electron chi connectivity index (χ0n) is 13.1. The van der Waals surface area contributed by atoms with Crippen LogP contribution in [-0.4, -0.2) is 18.5 Å². The number of ether oxygens (including phenoxy) is 1. The van der Waals surface area contributed by atoms with E-state index in [1.165, 1.54) is 17.4 Å². The van der Waals surface area contributed by atoms with E-state index >= 15 is 0 Å². The van der Waals surface area contributed by atoms with Crippen molar-refractivity contribution in [2.75, 3.05) is 11.9 Å². The molecule has 0 bridgehead atoms.